The highest BCUT2D eigenvalue weighted by Crippen LogP contribution is 2.32. The molecule has 6 heteroatoms. The van der Waals surface area contributed by atoms with Crippen LogP contribution < -0.4 is 14.8 Å². The van der Waals surface area contributed by atoms with Gasteiger partial charge in [-0.15, -0.1) is 0 Å². The Morgan fingerprint density at radius 3 is 2.94 bits per heavy atom. The van der Waals surface area contributed by atoms with E-state index >= 15 is 0 Å². The van der Waals surface area contributed by atoms with E-state index in [1.807, 2.05) is 0 Å². The number of benzene rings is 1. The number of nitrogens with one attached hydrogen (secondary N) is 1. The molecule has 1 atom stereocenters. The lowest BCUT2D eigenvalue weighted by atomic mass is 10.1. The van der Waals surface area contributed by atoms with Gasteiger partial charge in [0, 0.05) is 6.54 Å². The maximum atomic E-state index is 11.0. The fourth-order valence-corrected chi connectivity index (χ4v) is 1.97. The van der Waals surface area contributed by atoms with Gasteiger partial charge in [-0.2, -0.15) is 0 Å². The molecule has 1 N–H and O–H groups in total. The molecule has 98 valence electrons. The summed E-state index contributed by atoms with van der Waals surface area (Å²) in [4.78, 5) is 10.5. The summed E-state index contributed by atoms with van der Waals surface area (Å²) in [7, 11) is 1.48. The number of hydrogen-bond donors (Lipinski definition) is 1. The van der Waals surface area contributed by atoms with Crippen molar-refractivity contribution in [3.63, 3.8) is 0 Å². The summed E-state index contributed by atoms with van der Waals surface area (Å²) in [6.45, 7) is 1.70. The first-order valence-electron chi connectivity index (χ1n) is 5.90. The molecule has 0 bridgehead atoms. The highest BCUT2D eigenvalue weighted by atomic mass is 16.6. The molecular weight excluding hydrogens is 236 g/mol. The molecule has 0 aromatic heterocycles. The van der Waals surface area contributed by atoms with E-state index in [1.165, 1.54) is 13.2 Å². The number of nitro groups is 1. The van der Waals surface area contributed by atoms with Gasteiger partial charge in [-0.1, -0.05) is 0 Å². The van der Waals surface area contributed by atoms with Crippen LogP contribution in [0.1, 0.15) is 12.8 Å². The van der Waals surface area contributed by atoms with Crippen LogP contribution in [0.5, 0.6) is 11.5 Å². The van der Waals surface area contributed by atoms with Gasteiger partial charge in [0.15, 0.2) is 5.75 Å². The predicted octanol–water partition coefficient (Wildman–Crippen LogP) is 1.73. The minimum Gasteiger partial charge on any atom is -0.496 e. The van der Waals surface area contributed by atoms with Gasteiger partial charge in [0.1, 0.15) is 11.9 Å². The summed E-state index contributed by atoms with van der Waals surface area (Å²) in [6.07, 6.45) is 1.93. The van der Waals surface area contributed by atoms with Crippen LogP contribution in [-0.4, -0.2) is 31.2 Å². The number of hydrogen-bond acceptors (Lipinski definition) is 5. The van der Waals surface area contributed by atoms with Crippen LogP contribution in [0, 0.1) is 10.1 Å². The molecule has 1 heterocycles. The molecule has 0 unspecified atom stereocenters. The smallest absolute Gasteiger partial charge is 0.314 e. The number of methoxy groups -OCH3 is 1. The minimum absolute atomic E-state index is 0.00848. The second-order valence-corrected chi connectivity index (χ2v) is 4.18. The van der Waals surface area contributed by atoms with Gasteiger partial charge in [-0.25, -0.2) is 0 Å². The Bertz CT molecular complexity index is 430. The fourth-order valence-electron chi connectivity index (χ4n) is 1.97. The molecule has 0 spiro atoms. The molecular formula is C12H16N2O4. The van der Waals surface area contributed by atoms with Gasteiger partial charge in [0.25, 0.3) is 0 Å². The second kappa shape index (κ2) is 5.68. The molecule has 2 rings (SSSR count). The molecule has 1 aromatic rings. The van der Waals surface area contributed by atoms with Gasteiger partial charge in [-0.05, 0) is 31.5 Å². The van der Waals surface area contributed by atoms with Gasteiger partial charge in [0.05, 0.1) is 18.1 Å². The van der Waals surface area contributed by atoms with Crippen LogP contribution in [0.15, 0.2) is 18.2 Å². The van der Waals surface area contributed by atoms with Crippen LogP contribution >= 0.6 is 0 Å². The van der Waals surface area contributed by atoms with Crippen molar-refractivity contribution in [2.24, 2.45) is 0 Å². The van der Waals surface area contributed by atoms with Crippen molar-refractivity contribution in [3.05, 3.63) is 28.3 Å². The van der Waals surface area contributed by atoms with Gasteiger partial charge < -0.3 is 14.8 Å². The third-order valence-electron chi connectivity index (χ3n) is 2.91. The Kier molecular flexibility index (Phi) is 3.99. The van der Waals surface area contributed by atoms with Crippen molar-refractivity contribution in [3.8, 4) is 11.5 Å². The maximum absolute atomic E-state index is 11.0. The zero-order valence-electron chi connectivity index (χ0n) is 10.2. The molecule has 18 heavy (non-hydrogen) atoms. The summed E-state index contributed by atoms with van der Waals surface area (Å²) in [5.41, 5.74) is -0.0556. The molecule has 0 saturated carbocycles. The predicted molar refractivity (Wildman–Crippen MR) is 66.2 cm³/mol. The average Bonchev–Trinajstić information content (AvgIpc) is 2.40. The fraction of sp³-hybridized carbons (Fsp3) is 0.500. The van der Waals surface area contributed by atoms with Gasteiger partial charge in [-0.3, -0.25) is 10.1 Å². The monoisotopic (exact) mass is 252 g/mol. The van der Waals surface area contributed by atoms with Crippen LogP contribution in [0.4, 0.5) is 5.69 Å². The molecule has 0 aliphatic carbocycles. The van der Waals surface area contributed by atoms with Crippen molar-refractivity contribution in [2.75, 3.05) is 20.2 Å². The van der Waals surface area contributed by atoms with Crippen LogP contribution in [-0.2, 0) is 0 Å². The molecule has 1 saturated heterocycles. The van der Waals surface area contributed by atoms with E-state index in [1.54, 1.807) is 12.1 Å². The number of nitrogens with zero attached hydrogens (tertiary/aromatic N) is 1. The Balaban J connectivity index is 2.17. The zero-order chi connectivity index (χ0) is 13.0. The van der Waals surface area contributed by atoms with E-state index in [0.29, 0.717) is 11.5 Å². The highest BCUT2D eigenvalue weighted by Gasteiger charge is 2.21. The summed E-state index contributed by atoms with van der Waals surface area (Å²) < 4.78 is 10.7. The quantitative estimate of drug-likeness (QED) is 0.652. The molecule has 0 amide bonds. The van der Waals surface area contributed by atoms with Gasteiger partial charge in [0.2, 0.25) is 0 Å². The first-order valence-corrected chi connectivity index (χ1v) is 5.90. The van der Waals surface area contributed by atoms with Crippen molar-refractivity contribution in [1.82, 2.24) is 5.32 Å². The van der Waals surface area contributed by atoms with E-state index in [0.717, 1.165) is 25.9 Å². The topological polar surface area (TPSA) is 73.6 Å². The van der Waals surface area contributed by atoms with Crippen LogP contribution in [0.3, 0.4) is 0 Å². The highest BCUT2D eigenvalue weighted by molar-refractivity contribution is 5.51. The van der Waals surface area contributed by atoms with Crippen molar-refractivity contribution in [1.29, 1.82) is 0 Å². The SMILES string of the molecule is COc1ccc(O[C@H]2CCCNC2)c([N+](=O)[O-])c1. The van der Waals surface area contributed by atoms with E-state index < -0.39 is 4.92 Å². The normalized spacial score (nSPS) is 19.3. The van der Waals surface area contributed by atoms with Gasteiger partial charge >= 0.3 is 5.69 Å². The minimum atomic E-state index is -0.450. The largest absolute Gasteiger partial charge is 0.496 e. The zero-order valence-corrected chi connectivity index (χ0v) is 10.2. The van der Waals surface area contributed by atoms with Crippen LogP contribution in [0.2, 0.25) is 0 Å². The number of nitro benzene ring substituents is 1. The molecule has 1 fully saturated rings. The molecule has 1 aliphatic heterocycles. The maximum Gasteiger partial charge on any atom is 0.314 e. The molecule has 1 aromatic carbocycles. The standard InChI is InChI=1S/C12H16N2O4/c1-17-9-4-5-12(11(7-9)14(15)16)18-10-3-2-6-13-8-10/h4-5,7,10,13H,2-3,6,8H2,1H3/t10-/m0/s1. The lowest BCUT2D eigenvalue weighted by molar-refractivity contribution is -0.386. The Labute approximate surface area is 105 Å². The van der Waals surface area contributed by atoms with E-state index in [9.17, 15) is 10.1 Å². The summed E-state index contributed by atoms with van der Waals surface area (Å²) >= 11 is 0. The summed E-state index contributed by atoms with van der Waals surface area (Å²) in [5.74, 6) is 0.755. The lowest BCUT2D eigenvalue weighted by Gasteiger charge is -2.23. The third-order valence-corrected chi connectivity index (χ3v) is 2.91. The first-order chi connectivity index (χ1) is 8.70. The molecule has 1 aliphatic rings. The number of piperidine rings is 1. The van der Waals surface area contributed by atoms with Crippen molar-refractivity contribution >= 4 is 5.69 Å². The third kappa shape index (κ3) is 2.89. The van der Waals surface area contributed by atoms with Crippen LogP contribution in [0.25, 0.3) is 0 Å². The second-order valence-electron chi connectivity index (χ2n) is 4.18. The summed E-state index contributed by atoms with van der Waals surface area (Å²) in [5, 5.41) is 14.2. The number of rotatable bonds is 4. The molecule has 0 radical (unpaired) electrons. The average molecular weight is 252 g/mol. The Morgan fingerprint density at radius 2 is 2.33 bits per heavy atom. The summed E-state index contributed by atoms with van der Waals surface area (Å²) in [6, 6.07) is 4.63. The molecule has 6 nitrogen and oxygen atoms in total. The Morgan fingerprint density at radius 1 is 1.50 bits per heavy atom. The van der Waals surface area contributed by atoms with E-state index in [2.05, 4.69) is 5.32 Å². The first kappa shape index (κ1) is 12.6. The number of ether oxygens (including phenoxy) is 2. The Hall–Kier alpha value is -1.82. The van der Waals surface area contributed by atoms with E-state index in [4.69, 9.17) is 9.47 Å². The van der Waals surface area contributed by atoms with Crippen molar-refractivity contribution in [2.45, 2.75) is 18.9 Å². The van der Waals surface area contributed by atoms with E-state index in [-0.39, 0.29) is 11.8 Å². The van der Waals surface area contributed by atoms with Crippen molar-refractivity contribution < 1.29 is 14.4 Å². The lowest BCUT2D eigenvalue weighted by Crippen LogP contribution is -2.37.